The largest absolute Gasteiger partial charge is 0.327 e. The van der Waals surface area contributed by atoms with Crippen molar-refractivity contribution in [1.29, 1.82) is 0 Å². The molecule has 0 bridgehead atoms. The van der Waals surface area contributed by atoms with Gasteiger partial charge in [-0.05, 0) is 19.4 Å². The molecule has 0 aliphatic heterocycles. The molecule has 0 saturated heterocycles. The highest BCUT2D eigenvalue weighted by molar-refractivity contribution is 7.98. The van der Waals surface area contributed by atoms with E-state index in [1.165, 1.54) is 11.1 Å². The summed E-state index contributed by atoms with van der Waals surface area (Å²) in [7, 11) is 0. The number of thioether (sulfide) groups is 1. The second-order valence-electron chi connectivity index (χ2n) is 3.48. The zero-order valence-electron chi connectivity index (χ0n) is 8.29. The second-order valence-corrected chi connectivity index (χ2v) is 4.51. The maximum atomic E-state index is 5.67. The Balaban J connectivity index is 2.37. The van der Waals surface area contributed by atoms with E-state index in [0.717, 1.165) is 11.5 Å². The molecule has 0 spiro atoms. The number of nitrogens with two attached hydrogens (primary N) is 1. The third-order valence-corrected chi connectivity index (χ3v) is 3.03. The van der Waals surface area contributed by atoms with E-state index in [1.807, 2.05) is 18.7 Å². The first-order valence-electron chi connectivity index (χ1n) is 4.57. The van der Waals surface area contributed by atoms with Gasteiger partial charge in [-0.15, -0.1) is 0 Å². The first-order chi connectivity index (χ1) is 6.18. The Morgan fingerprint density at radius 1 is 1.46 bits per heavy atom. The molecule has 13 heavy (non-hydrogen) atoms. The Kier molecular flexibility index (Phi) is 4.33. The summed E-state index contributed by atoms with van der Waals surface area (Å²) in [6.45, 7) is 4.17. The molecule has 1 nitrogen and oxygen atoms in total. The molecule has 1 atom stereocenters. The molecule has 0 aromatic heterocycles. The maximum absolute atomic E-state index is 5.67. The SMILES string of the molecule is Cc1cccc(CSCC(C)N)c1. The Bertz CT molecular complexity index is 258. The molecule has 0 aliphatic carbocycles. The predicted octanol–water partition coefficient (Wildman–Crippen LogP) is 2.58. The normalized spacial score (nSPS) is 12.8. The highest BCUT2D eigenvalue weighted by Gasteiger charge is 1.96. The molecule has 1 aromatic carbocycles. The van der Waals surface area contributed by atoms with E-state index in [2.05, 4.69) is 31.2 Å². The van der Waals surface area contributed by atoms with Crippen molar-refractivity contribution in [1.82, 2.24) is 0 Å². The highest BCUT2D eigenvalue weighted by atomic mass is 32.2. The summed E-state index contributed by atoms with van der Waals surface area (Å²) in [4.78, 5) is 0. The van der Waals surface area contributed by atoms with Crippen molar-refractivity contribution in [2.24, 2.45) is 5.73 Å². The van der Waals surface area contributed by atoms with Gasteiger partial charge in [0.15, 0.2) is 0 Å². The average Bonchev–Trinajstić information content (AvgIpc) is 2.03. The summed E-state index contributed by atoms with van der Waals surface area (Å²) < 4.78 is 0. The minimum absolute atomic E-state index is 0.301. The zero-order chi connectivity index (χ0) is 9.68. The number of benzene rings is 1. The first kappa shape index (κ1) is 10.6. The van der Waals surface area contributed by atoms with Crippen LogP contribution in [0.3, 0.4) is 0 Å². The monoisotopic (exact) mass is 195 g/mol. The van der Waals surface area contributed by atoms with E-state index >= 15 is 0 Å². The Labute approximate surface area is 84.7 Å². The molecule has 1 aromatic rings. The summed E-state index contributed by atoms with van der Waals surface area (Å²) in [5, 5.41) is 0. The van der Waals surface area contributed by atoms with Gasteiger partial charge in [-0.2, -0.15) is 11.8 Å². The number of hydrogen-bond donors (Lipinski definition) is 1. The van der Waals surface area contributed by atoms with Crippen molar-refractivity contribution in [3.8, 4) is 0 Å². The van der Waals surface area contributed by atoms with E-state index < -0.39 is 0 Å². The van der Waals surface area contributed by atoms with Crippen molar-refractivity contribution >= 4 is 11.8 Å². The fourth-order valence-corrected chi connectivity index (χ4v) is 2.07. The van der Waals surface area contributed by atoms with Crippen LogP contribution < -0.4 is 5.73 Å². The quantitative estimate of drug-likeness (QED) is 0.799. The van der Waals surface area contributed by atoms with Gasteiger partial charge in [-0.1, -0.05) is 29.8 Å². The van der Waals surface area contributed by atoms with Gasteiger partial charge in [0.25, 0.3) is 0 Å². The first-order valence-corrected chi connectivity index (χ1v) is 5.73. The summed E-state index contributed by atoms with van der Waals surface area (Å²) in [6, 6.07) is 8.93. The Hall–Kier alpha value is -0.470. The summed E-state index contributed by atoms with van der Waals surface area (Å²) in [5.41, 5.74) is 8.39. The van der Waals surface area contributed by atoms with E-state index in [9.17, 15) is 0 Å². The van der Waals surface area contributed by atoms with Crippen LogP contribution in [0.4, 0.5) is 0 Å². The highest BCUT2D eigenvalue weighted by Crippen LogP contribution is 2.13. The minimum Gasteiger partial charge on any atom is -0.327 e. The Morgan fingerprint density at radius 3 is 2.85 bits per heavy atom. The molecule has 0 fully saturated rings. The summed E-state index contributed by atoms with van der Waals surface area (Å²) in [5.74, 6) is 2.11. The van der Waals surface area contributed by atoms with Crippen molar-refractivity contribution in [3.63, 3.8) is 0 Å². The Morgan fingerprint density at radius 2 is 2.23 bits per heavy atom. The van der Waals surface area contributed by atoms with E-state index in [4.69, 9.17) is 5.73 Å². The van der Waals surface area contributed by atoms with Gasteiger partial charge in [-0.25, -0.2) is 0 Å². The third-order valence-electron chi connectivity index (χ3n) is 1.73. The molecule has 0 saturated carbocycles. The van der Waals surface area contributed by atoms with Crippen LogP contribution in [0.25, 0.3) is 0 Å². The molecular weight excluding hydrogens is 178 g/mol. The lowest BCUT2D eigenvalue weighted by Crippen LogP contribution is -2.17. The van der Waals surface area contributed by atoms with E-state index in [-0.39, 0.29) is 0 Å². The third kappa shape index (κ3) is 4.34. The molecule has 0 radical (unpaired) electrons. The van der Waals surface area contributed by atoms with Crippen molar-refractivity contribution < 1.29 is 0 Å². The van der Waals surface area contributed by atoms with Crippen LogP contribution in [0, 0.1) is 6.92 Å². The average molecular weight is 195 g/mol. The zero-order valence-corrected chi connectivity index (χ0v) is 9.10. The molecule has 0 amide bonds. The van der Waals surface area contributed by atoms with Crippen molar-refractivity contribution in [2.45, 2.75) is 25.6 Å². The summed E-state index contributed by atoms with van der Waals surface area (Å²) in [6.07, 6.45) is 0. The molecule has 0 aliphatic rings. The van der Waals surface area contributed by atoms with Gasteiger partial charge in [0.1, 0.15) is 0 Å². The number of aryl methyl sites for hydroxylation is 1. The van der Waals surface area contributed by atoms with Crippen LogP contribution in [0.1, 0.15) is 18.1 Å². The van der Waals surface area contributed by atoms with Gasteiger partial charge < -0.3 is 5.73 Å². The lowest BCUT2D eigenvalue weighted by atomic mass is 10.2. The van der Waals surface area contributed by atoms with Crippen LogP contribution in [-0.4, -0.2) is 11.8 Å². The van der Waals surface area contributed by atoms with Crippen LogP contribution in [-0.2, 0) is 5.75 Å². The van der Waals surface area contributed by atoms with Gasteiger partial charge in [0.2, 0.25) is 0 Å². The van der Waals surface area contributed by atoms with Gasteiger partial charge >= 0.3 is 0 Å². The van der Waals surface area contributed by atoms with Crippen molar-refractivity contribution in [2.75, 3.05) is 5.75 Å². The van der Waals surface area contributed by atoms with Gasteiger partial charge in [0.05, 0.1) is 0 Å². The lowest BCUT2D eigenvalue weighted by molar-refractivity contribution is 0.847. The maximum Gasteiger partial charge on any atom is 0.0185 e. The smallest absolute Gasteiger partial charge is 0.0185 e. The lowest BCUT2D eigenvalue weighted by Gasteiger charge is -2.05. The van der Waals surface area contributed by atoms with Crippen LogP contribution in [0.15, 0.2) is 24.3 Å². The molecule has 2 heteroatoms. The molecular formula is C11H17NS. The molecule has 0 heterocycles. The van der Waals surface area contributed by atoms with Crippen molar-refractivity contribution in [3.05, 3.63) is 35.4 Å². The van der Waals surface area contributed by atoms with Crippen LogP contribution in [0.5, 0.6) is 0 Å². The minimum atomic E-state index is 0.301. The molecule has 1 unspecified atom stereocenters. The van der Waals surface area contributed by atoms with E-state index in [1.54, 1.807) is 0 Å². The van der Waals surface area contributed by atoms with E-state index in [0.29, 0.717) is 6.04 Å². The predicted molar refractivity (Wildman–Crippen MR) is 61.0 cm³/mol. The number of hydrogen-bond acceptors (Lipinski definition) is 2. The van der Waals surface area contributed by atoms with Gasteiger partial charge in [0, 0.05) is 17.5 Å². The van der Waals surface area contributed by atoms with Crippen LogP contribution in [0.2, 0.25) is 0 Å². The topological polar surface area (TPSA) is 26.0 Å². The summed E-state index contributed by atoms with van der Waals surface area (Å²) >= 11 is 1.90. The molecule has 2 N–H and O–H groups in total. The number of rotatable bonds is 4. The fourth-order valence-electron chi connectivity index (χ4n) is 1.16. The standard InChI is InChI=1S/C11H17NS/c1-9-4-3-5-11(6-9)8-13-7-10(2)12/h3-6,10H,7-8,12H2,1-2H3. The van der Waals surface area contributed by atoms with Crippen LogP contribution >= 0.6 is 11.8 Å². The van der Waals surface area contributed by atoms with Gasteiger partial charge in [-0.3, -0.25) is 0 Å². The molecule has 1 rings (SSSR count). The second kappa shape index (κ2) is 5.30. The fraction of sp³-hybridized carbons (Fsp3) is 0.455. The molecule has 72 valence electrons.